The van der Waals surface area contributed by atoms with E-state index in [0.29, 0.717) is 19.5 Å². The van der Waals surface area contributed by atoms with Gasteiger partial charge in [0.15, 0.2) is 0 Å². The number of aliphatic hydroxyl groups is 1. The van der Waals surface area contributed by atoms with E-state index >= 15 is 0 Å². The van der Waals surface area contributed by atoms with Crippen LogP contribution in [0.3, 0.4) is 0 Å². The van der Waals surface area contributed by atoms with Crippen LogP contribution in [0.5, 0.6) is 11.5 Å². The van der Waals surface area contributed by atoms with Gasteiger partial charge < -0.3 is 28.5 Å². The number of imidazole rings is 2. The summed E-state index contributed by atoms with van der Waals surface area (Å²) in [6.07, 6.45) is 0.926. The summed E-state index contributed by atoms with van der Waals surface area (Å²) < 4.78 is 20.0. The van der Waals surface area contributed by atoms with Crippen LogP contribution in [0.25, 0.3) is 22.1 Å². The first-order chi connectivity index (χ1) is 30.1. The van der Waals surface area contributed by atoms with Crippen LogP contribution < -0.4 is 9.47 Å². The molecule has 0 aliphatic rings. The fourth-order valence-corrected chi connectivity index (χ4v) is 8.05. The predicted octanol–water partition coefficient (Wildman–Crippen LogP) is 11.0. The van der Waals surface area contributed by atoms with E-state index in [0.717, 1.165) is 83.1 Å². The van der Waals surface area contributed by atoms with E-state index in [-0.39, 0.29) is 30.8 Å². The van der Waals surface area contributed by atoms with Crippen LogP contribution in [0, 0.1) is 0 Å². The van der Waals surface area contributed by atoms with Crippen molar-refractivity contribution in [1.82, 2.24) is 19.1 Å². The summed E-state index contributed by atoms with van der Waals surface area (Å²) in [7, 11) is 4.72. The maximum Gasteiger partial charge on any atom is 0.309 e. The quantitative estimate of drug-likeness (QED) is 0.109. The van der Waals surface area contributed by atoms with Crippen molar-refractivity contribution >= 4 is 51.2 Å². The highest BCUT2D eigenvalue weighted by Gasteiger charge is 2.22. The van der Waals surface area contributed by atoms with Gasteiger partial charge in [0.25, 0.3) is 0 Å². The summed E-state index contributed by atoms with van der Waals surface area (Å²) in [4.78, 5) is 21.5. The second kappa shape index (κ2) is 20.2. The molecule has 9 nitrogen and oxygen atoms in total. The lowest BCUT2D eigenvalue weighted by Gasteiger charge is -2.16. The number of hydrogen-bond donors (Lipinski definition) is 1. The van der Waals surface area contributed by atoms with Gasteiger partial charge in [-0.2, -0.15) is 0 Å². The van der Waals surface area contributed by atoms with Crippen molar-refractivity contribution in [2.45, 2.75) is 51.6 Å². The number of rotatable bonds is 14. The Hall–Kier alpha value is -6.13. The zero-order valence-corrected chi connectivity index (χ0v) is 37.0. The molecular weight excluding hydrogens is 819 g/mol. The minimum Gasteiger partial charge on any atom is -0.497 e. The van der Waals surface area contributed by atoms with Crippen molar-refractivity contribution in [1.29, 1.82) is 0 Å². The lowest BCUT2D eigenvalue weighted by atomic mass is 9.98. The van der Waals surface area contributed by atoms with E-state index in [2.05, 4.69) is 59.4 Å². The van der Waals surface area contributed by atoms with Gasteiger partial charge in [-0.3, -0.25) is 4.79 Å². The number of esters is 1. The highest BCUT2D eigenvalue weighted by molar-refractivity contribution is 6.31. The molecule has 11 heteroatoms. The van der Waals surface area contributed by atoms with Crippen molar-refractivity contribution in [2.24, 2.45) is 0 Å². The zero-order chi connectivity index (χ0) is 43.8. The van der Waals surface area contributed by atoms with Crippen LogP contribution in [0.4, 0.5) is 0 Å². The average Bonchev–Trinajstić information content (AvgIpc) is 3.85. The van der Waals surface area contributed by atoms with Gasteiger partial charge in [0.2, 0.25) is 0 Å². The first-order valence-electron chi connectivity index (χ1n) is 20.5. The maximum atomic E-state index is 11.6. The van der Waals surface area contributed by atoms with E-state index in [9.17, 15) is 4.79 Å². The van der Waals surface area contributed by atoms with Crippen LogP contribution in [-0.4, -0.2) is 58.1 Å². The fourth-order valence-electron chi connectivity index (χ4n) is 7.66. The second-order valence-corrected chi connectivity index (χ2v) is 16.0. The number of hydrogen-bond acceptors (Lipinski definition) is 7. The van der Waals surface area contributed by atoms with Gasteiger partial charge in [0, 0.05) is 40.6 Å². The van der Waals surface area contributed by atoms with Crippen LogP contribution in [0.2, 0.25) is 10.0 Å². The Morgan fingerprint density at radius 3 is 1.45 bits per heavy atom. The number of carbonyl (C=O) groups is 1. The molecule has 0 bridgehead atoms. The van der Waals surface area contributed by atoms with Gasteiger partial charge in [-0.25, -0.2) is 9.97 Å². The number of nitrogens with zero attached hydrogens (tertiary/aromatic N) is 4. The van der Waals surface area contributed by atoms with Gasteiger partial charge in [0.1, 0.15) is 23.1 Å². The highest BCUT2D eigenvalue weighted by Crippen LogP contribution is 2.33. The third kappa shape index (κ3) is 9.97. The number of aliphatic hydroxyl groups excluding tert-OH is 1. The average molecular weight is 870 g/mol. The van der Waals surface area contributed by atoms with E-state index in [1.165, 1.54) is 12.7 Å². The molecule has 2 heterocycles. The van der Waals surface area contributed by atoms with Crippen molar-refractivity contribution < 1.29 is 24.1 Å². The molecule has 8 aromatic rings. The Morgan fingerprint density at radius 1 is 0.613 bits per heavy atom. The predicted molar refractivity (Wildman–Crippen MR) is 248 cm³/mol. The van der Waals surface area contributed by atoms with E-state index in [1.807, 2.05) is 97.1 Å². The Bertz CT molecular complexity index is 2780. The van der Waals surface area contributed by atoms with Gasteiger partial charge in [-0.15, -0.1) is 0 Å². The molecule has 8 rings (SSSR count). The summed E-state index contributed by atoms with van der Waals surface area (Å²) in [6.45, 7) is 5.72. The monoisotopic (exact) mass is 868 g/mol. The molecule has 0 spiro atoms. The molecule has 2 unspecified atom stereocenters. The Morgan fingerprint density at radius 2 is 1.05 bits per heavy atom. The van der Waals surface area contributed by atoms with Gasteiger partial charge in [0.05, 0.1) is 62.9 Å². The lowest BCUT2D eigenvalue weighted by Crippen LogP contribution is -2.10. The molecule has 1 N–H and O–H groups in total. The number of carbonyl (C=O) groups excluding carboxylic acids is 1. The first kappa shape index (κ1) is 43.9. The second-order valence-electron chi connectivity index (χ2n) is 15.2. The number of aromatic nitrogens is 4. The molecule has 0 saturated carbocycles. The smallest absolute Gasteiger partial charge is 0.309 e. The lowest BCUT2D eigenvalue weighted by molar-refractivity contribution is -0.139. The molecule has 0 saturated heterocycles. The molecule has 0 radical (unpaired) electrons. The molecular formula is C51H50Cl2N4O5. The number of halogens is 2. The molecule has 62 heavy (non-hydrogen) atoms. The van der Waals surface area contributed by atoms with E-state index in [4.69, 9.17) is 52.5 Å². The Kier molecular flexibility index (Phi) is 14.3. The van der Waals surface area contributed by atoms with Crippen LogP contribution in [0.15, 0.2) is 133 Å². The third-order valence-electron chi connectivity index (χ3n) is 11.3. The molecule has 0 amide bonds. The molecule has 0 aliphatic heterocycles. The standard InChI is InChI=1S/C26H25ClN2O3.C25H25ClN2O2/c1-17(19-10-8-18(9-11-19)14-25(30)32-3)26-28-23-15-21(31-2)12-13-24(23)29(26)16-20-6-4-5-7-22(20)27;1-17(19-9-7-18(8-10-19)13-14-29)25-27-23-15-21(30-2)11-12-24(23)28(25)16-20-5-3-4-6-22(20)26/h4-13,15,17H,14,16H2,1-3H3;3-12,15,17,29H,13-14,16H2,1-2H3. The maximum absolute atomic E-state index is 11.6. The minimum atomic E-state index is -0.249. The minimum absolute atomic E-state index is 0.0306. The molecule has 0 fully saturated rings. The fraction of sp³-hybridized carbons (Fsp3) is 0.235. The number of fused-ring (bicyclic) bond motifs is 2. The van der Waals surface area contributed by atoms with Crippen LogP contribution in [0.1, 0.15) is 70.7 Å². The van der Waals surface area contributed by atoms with Crippen molar-refractivity contribution in [3.05, 3.63) is 189 Å². The third-order valence-corrected chi connectivity index (χ3v) is 12.0. The Labute approximate surface area is 372 Å². The molecule has 318 valence electrons. The first-order valence-corrected chi connectivity index (χ1v) is 21.3. The largest absolute Gasteiger partial charge is 0.497 e. The van der Waals surface area contributed by atoms with Crippen molar-refractivity contribution in [2.75, 3.05) is 27.9 Å². The normalized spacial score (nSPS) is 12.1. The summed E-state index contributed by atoms with van der Waals surface area (Å²) in [5, 5.41) is 10.6. The molecule has 2 aromatic heterocycles. The van der Waals surface area contributed by atoms with E-state index < -0.39 is 0 Å². The highest BCUT2D eigenvalue weighted by atomic mass is 35.5. The topological polar surface area (TPSA) is 101 Å². The van der Waals surface area contributed by atoms with Gasteiger partial charge >= 0.3 is 5.97 Å². The zero-order valence-electron chi connectivity index (χ0n) is 35.5. The summed E-state index contributed by atoms with van der Waals surface area (Å²) in [5.41, 5.74) is 10.3. The molecule has 2 atom stereocenters. The summed E-state index contributed by atoms with van der Waals surface area (Å²) >= 11 is 12.9. The van der Waals surface area contributed by atoms with Crippen molar-refractivity contribution in [3.63, 3.8) is 0 Å². The van der Waals surface area contributed by atoms with Crippen LogP contribution in [-0.2, 0) is 35.5 Å². The summed E-state index contributed by atoms with van der Waals surface area (Å²) in [5.74, 6) is 3.35. The van der Waals surface area contributed by atoms with Gasteiger partial charge in [-0.1, -0.05) is 122 Å². The summed E-state index contributed by atoms with van der Waals surface area (Å²) in [6, 6.07) is 44.1. The number of methoxy groups -OCH3 is 3. The van der Waals surface area contributed by atoms with Crippen molar-refractivity contribution in [3.8, 4) is 11.5 Å². The van der Waals surface area contributed by atoms with Gasteiger partial charge in [-0.05, 0) is 76.2 Å². The molecule has 0 aliphatic carbocycles. The SMILES string of the molecule is COC(=O)Cc1ccc(C(C)c2nc3cc(OC)ccc3n2Cc2ccccc2Cl)cc1.COc1ccc2c(c1)nc(C(C)c1ccc(CCO)cc1)n2Cc1ccccc1Cl. The number of ether oxygens (including phenoxy) is 3. The molecule has 6 aromatic carbocycles. The number of benzene rings is 6. The van der Waals surface area contributed by atoms with E-state index in [1.54, 1.807) is 14.2 Å². The van der Waals surface area contributed by atoms with Crippen LogP contribution >= 0.6 is 23.2 Å². The Balaban J connectivity index is 0.000000187.